The number of fused-ring (bicyclic) bond motifs is 2. The fourth-order valence-electron chi connectivity index (χ4n) is 2.18. The molecular weight excluding hydrogens is 321 g/mol. The third kappa shape index (κ3) is 2.64. The van der Waals surface area contributed by atoms with Gasteiger partial charge in [-0.15, -0.1) is 0 Å². The van der Waals surface area contributed by atoms with Gasteiger partial charge in [0.2, 0.25) is 6.79 Å². The highest BCUT2D eigenvalue weighted by molar-refractivity contribution is 7.22. The summed E-state index contributed by atoms with van der Waals surface area (Å²) < 4.78 is 25.0. The van der Waals surface area contributed by atoms with Crippen molar-refractivity contribution in [2.45, 2.75) is 0 Å². The summed E-state index contributed by atoms with van der Waals surface area (Å²) in [4.78, 5) is 16.3. The van der Waals surface area contributed by atoms with E-state index in [9.17, 15) is 9.18 Å². The molecule has 0 atom stereocenters. The molecule has 0 unspecified atom stereocenters. The summed E-state index contributed by atoms with van der Waals surface area (Å²) in [5, 5.41) is 5.43. The van der Waals surface area contributed by atoms with E-state index in [1.54, 1.807) is 18.2 Å². The lowest BCUT2D eigenvalue weighted by molar-refractivity contribution is 0.174. The lowest BCUT2D eigenvalue weighted by Gasteiger charge is -2.05. The molecule has 6 nitrogen and oxygen atoms in total. The number of amides is 2. The van der Waals surface area contributed by atoms with Crippen molar-refractivity contribution < 1.29 is 18.7 Å². The first-order valence-corrected chi connectivity index (χ1v) is 7.53. The molecule has 2 heterocycles. The smallest absolute Gasteiger partial charge is 0.325 e. The Morgan fingerprint density at radius 2 is 1.96 bits per heavy atom. The number of urea groups is 1. The van der Waals surface area contributed by atoms with Crippen molar-refractivity contribution in [3.63, 3.8) is 0 Å². The van der Waals surface area contributed by atoms with Gasteiger partial charge in [-0.05, 0) is 12.1 Å². The predicted octanol–water partition coefficient (Wildman–Crippen LogP) is 3.81. The van der Waals surface area contributed by atoms with E-state index in [0.717, 1.165) is 4.70 Å². The molecule has 0 saturated heterocycles. The number of hydrogen-bond acceptors (Lipinski definition) is 5. The van der Waals surface area contributed by atoms with Gasteiger partial charge >= 0.3 is 6.03 Å². The third-order valence-corrected chi connectivity index (χ3v) is 4.16. The molecule has 0 fully saturated rings. The number of nitrogens with zero attached hydrogens (tertiary/aromatic N) is 1. The van der Waals surface area contributed by atoms with Crippen LogP contribution in [0.1, 0.15) is 0 Å². The Kier molecular flexibility index (Phi) is 3.23. The molecule has 2 N–H and O–H groups in total. The molecule has 4 rings (SSSR count). The summed E-state index contributed by atoms with van der Waals surface area (Å²) in [5.74, 6) is 0.784. The number of para-hydroxylation sites is 1. The highest BCUT2D eigenvalue weighted by Gasteiger charge is 2.17. The lowest BCUT2D eigenvalue weighted by atomic mass is 10.3. The van der Waals surface area contributed by atoms with Crippen LogP contribution in [0.4, 0.5) is 20.0 Å². The Morgan fingerprint density at radius 1 is 1.17 bits per heavy atom. The summed E-state index contributed by atoms with van der Waals surface area (Å²) in [6, 6.07) is 8.95. The van der Waals surface area contributed by atoms with Gasteiger partial charge in [-0.25, -0.2) is 14.2 Å². The average Bonchev–Trinajstić information content (AvgIpc) is 3.12. The predicted molar refractivity (Wildman–Crippen MR) is 84.8 cm³/mol. The topological polar surface area (TPSA) is 72.5 Å². The van der Waals surface area contributed by atoms with Crippen molar-refractivity contribution in [3.05, 3.63) is 42.2 Å². The maximum Gasteiger partial charge on any atom is 0.325 e. The van der Waals surface area contributed by atoms with Crippen molar-refractivity contribution in [1.82, 2.24) is 4.98 Å². The van der Waals surface area contributed by atoms with Crippen LogP contribution < -0.4 is 20.1 Å². The first-order valence-electron chi connectivity index (χ1n) is 6.72. The van der Waals surface area contributed by atoms with E-state index >= 15 is 0 Å². The molecule has 1 aliphatic heterocycles. The summed E-state index contributed by atoms with van der Waals surface area (Å²) in [7, 11) is 0. The minimum Gasteiger partial charge on any atom is -0.454 e. The Balaban J connectivity index is 1.53. The molecule has 0 radical (unpaired) electrons. The molecule has 23 heavy (non-hydrogen) atoms. The zero-order valence-electron chi connectivity index (χ0n) is 11.6. The molecule has 1 aliphatic rings. The van der Waals surface area contributed by atoms with Gasteiger partial charge < -0.3 is 14.8 Å². The molecular formula is C15H10FN3O3S. The zero-order valence-corrected chi connectivity index (χ0v) is 12.4. The first-order chi connectivity index (χ1) is 11.2. The van der Waals surface area contributed by atoms with E-state index in [1.165, 1.54) is 23.5 Å². The second-order valence-corrected chi connectivity index (χ2v) is 5.78. The number of thiazole rings is 1. The van der Waals surface area contributed by atoms with E-state index in [0.29, 0.717) is 22.1 Å². The Morgan fingerprint density at radius 3 is 2.78 bits per heavy atom. The molecule has 0 saturated carbocycles. The molecule has 2 aromatic carbocycles. The number of halogens is 1. The van der Waals surface area contributed by atoms with Crippen molar-refractivity contribution in [3.8, 4) is 11.5 Å². The van der Waals surface area contributed by atoms with Crippen LogP contribution in [0.5, 0.6) is 11.5 Å². The first kappa shape index (κ1) is 13.8. The monoisotopic (exact) mass is 331 g/mol. The van der Waals surface area contributed by atoms with Gasteiger partial charge in [-0.3, -0.25) is 5.32 Å². The van der Waals surface area contributed by atoms with Gasteiger partial charge in [0.15, 0.2) is 16.6 Å². The van der Waals surface area contributed by atoms with Crippen molar-refractivity contribution in [2.24, 2.45) is 0 Å². The van der Waals surface area contributed by atoms with Crippen LogP contribution >= 0.6 is 11.3 Å². The van der Waals surface area contributed by atoms with Crippen molar-refractivity contribution >= 4 is 38.4 Å². The van der Waals surface area contributed by atoms with Crippen molar-refractivity contribution in [2.75, 3.05) is 17.4 Å². The summed E-state index contributed by atoms with van der Waals surface area (Å²) >= 11 is 1.29. The molecule has 0 aliphatic carbocycles. The highest BCUT2D eigenvalue weighted by Crippen LogP contribution is 2.38. The third-order valence-electron chi connectivity index (χ3n) is 3.23. The number of nitrogens with one attached hydrogen (secondary N) is 2. The van der Waals surface area contributed by atoms with Crippen LogP contribution in [0.3, 0.4) is 0 Å². The average molecular weight is 331 g/mol. The minimum atomic E-state index is -0.561. The Labute approximate surface area is 133 Å². The normalized spacial score (nSPS) is 12.4. The number of aromatic nitrogens is 1. The van der Waals surface area contributed by atoms with Crippen LogP contribution in [0.15, 0.2) is 36.4 Å². The summed E-state index contributed by atoms with van der Waals surface area (Å²) in [5.41, 5.74) is 0.798. The van der Waals surface area contributed by atoms with Crippen LogP contribution in [0, 0.1) is 5.82 Å². The second kappa shape index (κ2) is 5.40. The zero-order chi connectivity index (χ0) is 15.8. The highest BCUT2D eigenvalue weighted by atomic mass is 32.1. The maximum absolute atomic E-state index is 13.5. The standard InChI is InChI=1S/C15H10FN3O3S/c16-8-3-1-2-4-9(8)17-14(20)19-15-18-10-5-11-12(22-7-21-11)6-13(10)23-15/h1-6H,7H2,(H2,17,18,19,20). The van der Waals surface area contributed by atoms with Gasteiger partial charge in [0.1, 0.15) is 5.82 Å². The Hall–Kier alpha value is -2.87. The number of benzene rings is 2. The molecule has 8 heteroatoms. The molecule has 0 bridgehead atoms. The van der Waals surface area contributed by atoms with E-state index in [4.69, 9.17) is 9.47 Å². The maximum atomic E-state index is 13.5. The number of rotatable bonds is 2. The van der Waals surface area contributed by atoms with E-state index in [2.05, 4.69) is 15.6 Å². The number of anilines is 2. The molecule has 116 valence electrons. The summed E-state index contributed by atoms with van der Waals surface area (Å²) in [6.07, 6.45) is 0. The van der Waals surface area contributed by atoms with Crippen LogP contribution in [0.25, 0.3) is 10.2 Å². The number of hydrogen-bond donors (Lipinski definition) is 2. The number of carbonyl (C=O) groups is 1. The number of carbonyl (C=O) groups excluding carboxylic acids is 1. The Bertz CT molecular complexity index is 871. The van der Waals surface area contributed by atoms with Gasteiger partial charge in [-0.1, -0.05) is 23.5 Å². The van der Waals surface area contributed by atoms with E-state index < -0.39 is 11.8 Å². The summed E-state index contributed by atoms with van der Waals surface area (Å²) in [6.45, 7) is 0.197. The van der Waals surface area contributed by atoms with E-state index in [1.807, 2.05) is 6.07 Å². The molecule has 0 spiro atoms. The van der Waals surface area contributed by atoms with Gasteiger partial charge in [0.25, 0.3) is 0 Å². The number of ether oxygens (including phenoxy) is 2. The lowest BCUT2D eigenvalue weighted by Crippen LogP contribution is -2.19. The quantitative estimate of drug-likeness (QED) is 0.749. The second-order valence-electron chi connectivity index (χ2n) is 4.75. The van der Waals surface area contributed by atoms with Gasteiger partial charge in [0, 0.05) is 12.1 Å². The van der Waals surface area contributed by atoms with E-state index in [-0.39, 0.29) is 12.5 Å². The fourth-order valence-corrected chi connectivity index (χ4v) is 3.06. The fraction of sp³-hybridized carbons (Fsp3) is 0.0667. The minimum absolute atomic E-state index is 0.104. The van der Waals surface area contributed by atoms with Crippen molar-refractivity contribution in [1.29, 1.82) is 0 Å². The van der Waals surface area contributed by atoms with Gasteiger partial charge in [0.05, 0.1) is 15.9 Å². The van der Waals surface area contributed by atoms with Crippen LogP contribution in [-0.4, -0.2) is 17.8 Å². The molecule has 1 aromatic heterocycles. The molecule has 2 amide bonds. The largest absolute Gasteiger partial charge is 0.454 e. The SMILES string of the molecule is O=C(Nc1nc2cc3c(cc2s1)OCO3)Nc1ccccc1F. The van der Waals surface area contributed by atoms with Crippen LogP contribution in [-0.2, 0) is 0 Å². The van der Waals surface area contributed by atoms with Gasteiger partial charge in [-0.2, -0.15) is 0 Å². The van der Waals surface area contributed by atoms with Crippen LogP contribution in [0.2, 0.25) is 0 Å². The molecule has 3 aromatic rings.